The molecule has 0 aromatic rings. The molecule has 0 radical (unpaired) electrons. The number of fused-ring (bicyclic) bond motifs is 1. The lowest BCUT2D eigenvalue weighted by molar-refractivity contribution is -0.213. The van der Waals surface area contributed by atoms with Crippen molar-refractivity contribution in [1.82, 2.24) is 20.0 Å². The summed E-state index contributed by atoms with van der Waals surface area (Å²) in [4.78, 5) is 30.6. The van der Waals surface area contributed by atoms with Gasteiger partial charge in [0.1, 0.15) is 0 Å². The van der Waals surface area contributed by atoms with Crippen molar-refractivity contribution in [2.75, 3.05) is 60.0 Å². The second kappa shape index (κ2) is 10.9. The lowest BCUT2D eigenvalue weighted by atomic mass is 9.72. The van der Waals surface area contributed by atoms with E-state index in [1.165, 1.54) is 9.80 Å². The van der Waals surface area contributed by atoms with Crippen molar-refractivity contribution < 1.29 is 32.2 Å². The van der Waals surface area contributed by atoms with E-state index in [-0.39, 0.29) is 25.0 Å². The molecule has 11 heteroatoms. The number of amides is 3. The molecule has 3 rings (SSSR count). The van der Waals surface area contributed by atoms with Crippen molar-refractivity contribution in [3.63, 3.8) is 0 Å². The van der Waals surface area contributed by atoms with E-state index in [1.54, 1.807) is 0 Å². The van der Waals surface area contributed by atoms with E-state index in [9.17, 15) is 22.8 Å². The number of halogens is 3. The quantitative estimate of drug-likeness (QED) is 0.605. The first kappa shape index (κ1) is 26.2. The highest BCUT2D eigenvalue weighted by Gasteiger charge is 2.51. The molecule has 33 heavy (non-hydrogen) atoms. The molecule has 1 aliphatic carbocycles. The van der Waals surface area contributed by atoms with Crippen molar-refractivity contribution in [1.29, 1.82) is 0 Å². The summed E-state index contributed by atoms with van der Waals surface area (Å²) in [7, 11) is 3.76. The molecule has 1 N–H and O–H groups in total. The Labute approximate surface area is 193 Å². The van der Waals surface area contributed by atoms with Crippen molar-refractivity contribution in [3.05, 3.63) is 0 Å². The lowest BCUT2D eigenvalue weighted by Crippen LogP contribution is -2.59. The van der Waals surface area contributed by atoms with Gasteiger partial charge in [0.15, 0.2) is 5.79 Å². The normalized spacial score (nSPS) is 27.5. The maximum Gasteiger partial charge on any atom is 0.401 e. The summed E-state index contributed by atoms with van der Waals surface area (Å²) in [5.41, 5.74) is 0. The molecule has 1 saturated carbocycles. The first-order valence-electron chi connectivity index (χ1n) is 11.9. The molecule has 190 valence electrons. The molecule has 0 aromatic carbocycles. The van der Waals surface area contributed by atoms with Gasteiger partial charge in [0.05, 0.1) is 25.7 Å². The highest BCUT2D eigenvalue weighted by molar-refractivity contribution is 5.95. The van der Waals surface area contributed by atoms with Crippen LogP contribution >= 0.6 is 0 Å². The Kier molecular flexibility index (Phi) is 8.63. The summed E-state index contributed by atoms with van der Waals surface area (Å²) in [5, 5.41) is 2.76. The fraction of sp³-hybridized carbons (Fsp3) is 0.909. The standard InChI is InChI=1S/C22H37F3N4O4/c1-4-8-29(20(31)26-7-9-27(2)3)19(30)17-12-16-13-21(32-10-11-33-21)6-5-18(16)28(14-17)15-22(23,24)25/h16-18H,4-15H2,1-3H3,(H,26,31)/t16-,17-,18-/m1/s1. The number of urea groups is 1. The second-order valence-electron chi connectivity index (χ2n) is 9.68. The zero-order valence-corrected chi connectivity index (χ0v) is 19.8. The first-order valence-corrected chi connectivity index (χ1v) is 11.9. The summed E-state index contributed by atoms with van der Waals surface area (Å²) in [6.45, 7) is 2.98. The van der Waals surface area contributed by atoms with E-state index in [0.29, 0.717) is 58.4 Å². The van der Waals surface area contributed by atoms with Crippen LogP contribution in [0, 0.1) is 11.8 Å². The number of hydrogen-bond acceptors (Lipinski definition) is 6. The van der Waals surface area contributed by atoms with E-state index in [1.807, 2.05) is 25.9 Å². The number of imide groups is 1. The fourth-order valence-electron chi connectivity index (χ4n) is 5.41. The van der Waals surface area contributed by atoms with Gasteiger partial charge in [-0.25, -0.2) is 4.79 Å². The highest BCUT2D eigenvalue weighted by Crippen LogP contribution is 2.46. The van der Waals surface area contributed by atoms with Gasteiger partial charge in [0, 0.05) is 45.1 Å². The third-order valence-corrected chi connectivity index (χ3v) is 6.79. The average Bonchev–Trinajstić information content (AvgIpc) is 3.17. The van der Waals surface area contributed by atoms with Gasteiger partial charge in [-0.05, 0) is 39.3 Å². The van der Waals surface area contributed by atoms with Gasteiger partial charge < -0.3 is 19.7 Å². The van der Waals surface area contributed by atoms with Crippen LogP contribution in [-0.2, 0) is 14.3 Å². The van der Waals surface area contributed by atoms with Crippen LogP contribution in [0.25, 0.3) is 0 Å². The molecular formula is C22H37F3N4O4. The smallest absolute Gasteiger partial charge is 0.348 e. The largest absolute Gasteiger partial charge is 0.401 e. The van der Waals surface area contributed by atoms with Crippen LogP contribution in [0.4, 0.5) is 18.0 Å². The molecule has 3 atom stereocenters. The van der Waals surface area contributed by atoms with Crippen LogP contribution in [0.2, 0.25) is 0 Å². The predicted octanol–water partition coefficient (Wildman–Crippen LogP) is 2.29. The number of hydrogen-bond donors (Lipinski definition) is 1. The Hall–Kier alpha value is -1.43. The van der Waals surface area contributed by atoms with Gasteiger partial charge in [-0.2, -0.15) is 13.2 Å². The zero-order chi connectivity index (χ0) is 24.2. The Balaban J connectivity index is 1.75. The number of rotatable bonds is 7. The number of nitrogens with zero attached hydrogens (tertiary/aromatic N) is 3. The minimum Gasteiger partial charge on any atom is -0.348 e. The lowest BCUT2D eigenvalue weighted by Gasteiger charge is -2.50. The summed E-state index contributed by atoms with van der Waals surface area (Å²) >= 11 is 0. The fourth-order valence-corrected chi connectivity index (χ4v) is 5.41. The predicted molar refractivity (Wildman–Crippen MR) is 115 cm³/mol. The van der Waals surface area contributed by atoms with E-state index in [0.717, 1.165) is 0 Å². The molecule has 2 heterocycles. The summed E-state index contributed by atoms with van der Waals surface area (Å²) < 4.78 is 51.8. The van der Waals surface area contributed by atoms with Gasteiger partial charge >= 0.3 is 12.2 Å². The number of carbonyl (C=O) groups is 2. The minimum absolute atomic E-state index is 0.000579. The average molecular weight is 479 g/mol. The Morgan fingerprint density at radius 3 is 2.48 bits per heavy atom. The maximum atomic E-state index is 13.4. The maximum absolute atomic E-state index is 13.4. The summed E-state index contributed by atoms with van der Waals surface area (Å²) in [5.74, 6) is -2.00. The number of carbonyl (C=O) groups excluding carboxylic acids is 2. The van der Waals surface area contributed by atoms with Crippen molar-refractivity contribution in [2.24, 2.45) is 11.8 Å². The van der Waals surface area contributed by atoms with Crippen molar-refractivity contribution in [2.45, 2.75) is 57.0 Å². The Bertz CT molecular complexity index is 685. The van der Waals surface area contributed by atoms with E-state index in [4.69, 9.17) is 9.47 Å². The molecule has 1 spiro atoms. The number of nitrogens with one attached hydrogen (secondary N) is 1. The molecular weight excluding hydrogens is 441 g/mol. The molecule has 3 amide bonds. The van der Waals surface area contributed by atoms with Gasteiger partial charge in [0.25, 0.3) is 0 Å². The van der Waals surface area contributed by atoms with E-state index in [2.05, 4.69) is 5.32 Å². The van der Waals surface area contributed by atoms with Crippen LogP contribution in [0.3, 0.4) is 0 Å². The summed E-state index contributed by atoms with van der Waals surface area (Å²) in [6, 6.07) is -0.765. The van der Waals surface area contributed by atoms with Crippen LogP contribution in [0.1, 0.15) is 39.0 Å². The summed E-state index contributed by atoms with van der Waals surface area (Å²) in [6.07, 6.45) is -1.81. The molecule has 3 aliphatic rings. The monoisotopic (exact) mass is 478 g/mol. The van der Waals surface area contributed by atoms with Gasteiger partial charge in [-0.15, -0.1) is 0 Å². The number of piperidine rings is 1. The number of alkyl halides is 3. The molecule has 0 aromatic heterocycles. The minimum atomic E-state index is -4.36. The van der Waals surface area contributed by atoms with E-state index < -0.39 is 36.4 Å². The molecule has 0 bridgehead atoms. The molecule has 3 fully saturated rings. The second-order valence-corrected chi connectivity index (χ2v) is 9.68. The van der Waals surface area contributed by atoms with E-state index >= 15 is 0 Å². The van der Waals surface area contributed by atoms with Crippen LogP contribution in [0.15, 0.2) is 0 Å². The molecule has 8 nitrogen and oxygen atoms in total. The topological polar surface area (TPSA) is 74.4 Å². The van der Waals surface area contributed by atoms with Crippen LogP contribution in [-0.4, -0.2) is 105 Å². The highest BCUT2D eigenvalue weighted by atomic mass is 19.4. The Morgan fingerprint density at radius 2 is 1.88 bits per heavy atom. The number of likely N-dealkylation sites (N-methyl/N-ethyl adjacent to an activating group) is 1. The first-order chi connectivity index (χ1) is 15.5. The van der Waals surface area contributed by atoms with Crippen molar-refractivity contribution in [3.8, 4) is 0 Å². The van der Waals surface area contributed by atoms with Crippen molar-refractivity contribution >= 4 is 11.9 Å². The van der Waals surface area contributed by atoms with Gasteiger partial charge in [-0.1, -0.05) is 6.92 Å². The van der Waals surface area contributed by atoms with Gasteiger partial charge in [-0.3, -0.25) is 14.6 Å². The SMILES string of the molecule is CCCN(C(=O)NCCN(C)C)C(=O)[C@@H]1C[C@@H]2CC3(CC[C@H]2N(CC(F)(F)F)C1)OCCO3. The van der Waals surface area contributed by atoms with Crippen LogP contribution < -0.4 is 5.32 Å². The van der Waals surface area contributed by atoms with Crippen LogP contribution in [0.5, 0.6) is 0 Å². The third kappa shape index (κ3) is 6.80. The molecule has 2 saturated heterocycles. The number of ether oxygens (including phenoxy) is 2. The molecule has 2 aliphatic heterocycles. The number of likely N-dealkylation sites (tertiary alicyclic amines) is 1. The Morgan fingerprint density at radius 1 is 1.18 bits per heavy atom. The zero-order valence-electron chi connectivity index (χ0n) is 19.8. The molecule has 0 unspecified atom stereocenters. The van der Waals surface area contributed by atoms with Gasteiger partial charge in [0.2, 0.25) is 5.91 Å². The third-order valence-electron chi connectivity index (χ3n) is 6.79.